The second-order valence-corrected chi connectivity index (χ2v) is 7.59. The summed E-state index contributed by atoms with van der Waals surface area (Å²) < 4.78 is 1.73. The van der Waals surface area contributed by atoms with E-state index in [2.05, 4.69) is 15.3 Å². The van der Waals surface area contributed by atoms with Crippen molar-refractivity contribution in [2.24, 2.45) is 17.8 Å². The highest BCUT2D eigenvalue weighted by molar-refractivity contribution is 5.94. The van der Waals surface area contributed by atoms with Crippen molar-refractivity contribution in [2.45, 2.75) is 6.42 Å². The smallest absolute Gasteiger partial charge is 0.254 e. The van der Waals surface area contributed by atoms with Gasteiger partial charge in [-0.2, -0.15) is 0 Å². The van der Waals surface area contributed by atoms with Gasteiger partial charge < -0.3 is 10.2 Å². The maximum absolute atomic E-state index is 12.5. The summed E-state index contributed by atoms with van der Waals surface area (Å²) in [5.41, 5.74) is 1.29. The molecule has 3 atom stereocenters. The topological polar surface area (TPSA) is 79.6 Å². The van der Waals surface area contributed by atoms with E-state index in [4.69, 9.17) is 0 Å². The summed E-state index contributed by atoms with van der Waals surface area (Å²) in [7, 11) is 0. The number of carbonyl (C=O) groups is 2. The number of rotatable bonds is 5. The van der Waals surface area contributed by atoms with Crippen molar-refractivity contribution < 1.29 is 9.59 Å². The van der Waals surface area contributed by atoms with Crippen LogP contribution < -0.4 is 5.32 Å². The number of carbonyl (C=O) groups excluding carboxylic acids is 2. The first-order chi connectivity index (χ1) is 13.7. The molecule has 142 valence electrons. The van der Waals surface area contributed by atoms with E-state index in [-0.39, 0.29) is 11.8 Å². The third kappa shape index (κ3) is 3.02. The van der Waals surface area contributed by atoms with E-state index in [1.807, 2.05) is 35.2 Å². The number of hydrogen-bond acceptors (Lipinski definition) is 4. The van der Waals surface area contributed by atoms with Gasteiger partial charge in [0.05, 0.1) is 5.56 Å². The highest BCUT2D eigenvalue weighted by atomic mass is 16.2. The molecule has 1 saturated carbocycles. The molecule has 1 aromatic carbocycles. The van der Waals surface area contributed by atoms with Crippen molar-refractivity contribution >= 4 is 17.6 Å². The first kappa shape index (κ1) is 16.9. The third-order valence-electron chi connectivity index (χ3n) is 5.95. The van der Waals surface area contributed by atoms with Crippen LogP contribution in [0.2, 0.25) is 0 Å². The number of likely N-dealkylation sites (tertiary alicyclic amines) is 1. The van der Waals surface area contributed by atoms with Gasteiger partial charge in [-0.15, -0.1) is 0 Å². The number of amides is 2. The monoisotopic (exact) mass is 375 g/mol. The van der Waals surface area contributed by atoms with E-state index >= 15 is 0 Å². The first-order valence-corrected chi connectivity index (χ1v) is 9.62. The zero-order valence-electron chi connectivity index (χ0n) is 15.4. The lowest BCUT2D eigenvalue weighted by Crippen LogP contribution is -2.32. The van der Waals surface area contributed by atoms with Gasteiger partial charge in [-0.25, -0.2) is 9.97 Å². The second-order valence-electron chi connectivity index (χ2n) is 7.59. The minimum Gasteiger partial charge on any atom is -0.352 e. The number of nitrogens with zero attached hydrogens (tertiary/aromatic N) is 4. The largest absolute Gasteiger partial charge is 0.352 e. The third-order valence-corrected chi connectivity index (χ3v) is 5.95. The van der Waals surface area contributed by atoms with Gasteiger partial charge in [0, 0.05) is 50.0 Å². The Morgan fingerprint density at radius 3 is 2.64 bits per heavy atom. The SMILES string of the molecule is O=C(NCC[C@@H]1[C@H]2CN(C(=O)c3ccccc3)C[C@@H]12)c1cnc2nccn2c1. The van der Waals surface area contributed by atoms with Gasteiger partial charge in [-0.3, -0.25) is 14.0 Å². The first-order valence-electron chi connectivity index (χ1n) is 9.62. The molecule has 2 aromatic heterocycles. The Morgan fingerprint density at radius 1 is 1.07 bits per heavy atom. The van der Waals surface area contributed by atoms with Crippen molar-refractivity contribution in [3.8, 4) is 0 Å². The normalized spacial score (nSPS) is 22.9. The lowest BCUT2D eigenvalue weighted by molar-refractivity contribution is 0.0767. The molecule has 1 N–H and O–H groups in total. The van der Waals surface area contributed by atoms with Gasteiger partial charge in [-0.05, 0) is 36.3 Å². The van der Waals surface area contributed by atoms with Crippen molar-refractivity contribution in [1.29, 1.82) is 0 Å². The molecule has 28 heavy (non-hydrogen) atoms. The molecule has 5 rings (SSSR count). The Labute approximate surface area is 162 Å². The molecule has 3 aromatic rings. The summed E-state index contributed by atoms with van der Waals surface area (Å²) in [4.78, 5) is 35.0. The zero-order valence-corrected chi connectivity index (χ0v) is 15.4. The maximum atomic E-state index is 12.5. The molecule has 3 heterocycles. The Morgan fingerprint density at radius 2 is 1.86 bits per heavy atom. The van der Waals surface area contributed by atoms with E-state index in [1.165, 1.54) is 0 Å². The maximum Gasteiger partial charge on any atom is 0.254 e. The highest BCUT2D eigenvalue weighted by Gasteiger charge is 2.55. The summed E-state index contributed by atoms with van der Waals surface area (Å²) in [6, 6.07) is 9.46. The van der Waals surface area contributed by atoms with Gasteiger partial charge in [0.25, 0.3) is 11.8 Å². The van der Waals surface area contributed by atoms with Crippen LogP contribution >= 0.6 is 0 Å². The number of imidazole rings is 1. The Kier molecular flexibility index (Phi) is 4.07. The van der Waals surface area contributed by atoms with Crippen molar-refractivity contribution in [2.75, 3.05) is 19.6 Å². The quantitative estimate of drug-likeness (QED) is 0.738. The summed E-state index contributed by atoms with van der Waals surface area (Å²) in [5, 5.41) is 2.98. The van der Waals surface area contributed by atoms with E-state index in [1.54, 1.807) is 29.2 Å². The lowest BCUT2D eigenvalue weighted by atomic mass is 10.1. The van der Waals surface area contributed by atoms with E-state index < -0.39 is 0 Å². The average Bonchev–Trinajstić information content (AvgIpc) is 3.10. The molecule has 2 amide bonds. The van der Waals surface area contributed by atoms with E-state index in [9.17, 15) is 9.59 Å². The van der Waals surface area contributed by atoms with Crippen LogP contribution in [0.25, 0.3) is 5.78 Å². The van der Waals surface area contributed by atoms with E-state index in [0.29, 0.717) is 35.6 Å². The predicted octanol–water partition coefficient (Wildman–Crippen LogP) is 1.87. The molecule has 2 fully saturated rings. The molecule has 1 aliphatic carbocycles. The minimum atomic E-state index is -0.116. The fourth-order valence-corrected chi connectivity index (χ4v) is 4.39. The molecular weight excluding hydrogens is 354 g/mol. The molecule has 0 bridgehead atoms. The fraction of sp³-hybridized carbons (Fsp3) is 0.333. The molecule has 1 saturated heterocycles. The van der Waals surface area contributed by atoms with Crippen LogP contribution in [-0.4, -0.2) is 50.7 Å². The number of piperidine rings is 1. The molecule has 2 aliphatic rings. The zero-order chi connectivity index (χ0) is 19.1. The summed E-state index contributed by atoms with van der Waals surface area (Å²) in [6.45, 7) is 2.31. The summed E-state index contributed by atoms with van der Waals surface area (Å²) in [6.07, 6.45) is 7.67. The second kappa shape index (κ2) is 6.74. The van der Waals surface area contributed by atoms with Gasteiger partial charge in [0.15, 0.2) is 0 Å². The van der Waals surface area contributed by atoms with Gasteiger partial charge in [-0.1, -0.05) is 18.2 Å². The molecule has 0 unspecified atom stereocenters. The van der Waals surface area contributed by atoms with Crippen molar-refractivity contribution in [3.63, 3.8) is 0 Å². The van der Waals surface area contributed by atoms with Crippen molar-refractivity contribution in [1.82, 2.24) is 24.6 Å². The van der Waals surface area contributed by atoms with Crippen LogP contribution in [0.3, 0.4) is 0 Å². The molecule has 0 spiro atoms. The number of aromatic nitrogens is 3. The summed E-state index contributed by atoms with van der Waals surface area (Å²) in [5.74, 6) is 2.35. The number of nitrogens with one attached hydrogen (secondary N) is 1. The molecule has 7 heteroatoms. The molecule has 0 radical (unpaired) electrons. The standard InChI is InChI=1S/C21H21N5O2/c27-19(15-10-24-21-23-8-9-25(21)11-15)22-7-6-16-17-12-26(13-18(16)17)20(28)14-4-2-1-3-5-14/h1-5,8-11,16-18H,6-7,12-13H2,(H,22,27)/t16-,17-,18+. The van der Waals surface area contributed by atoms with Crippen molar-refractivity contribution in [3.05, 3.63) is 66.2 Å². The fourth-order valence-electron chi connectivity index (χ4n) is 4.39. The Balaban J connectivity index is 1.09. The number of fused-ring (bicyclic) bond motifs is 2. The van der Waals surface area contributed by atoms with Crippen LogP contribution in [0.15, 0.2) is 55.1 Å². The highest BCUT2D eigenvalue weighted by Crippen LogP contribution is 2.53. The minimum absolute atomic E-state index is 0.116. The van der Waals surface area contributed by atoms with Crippen LogP contribution in [0.1, 0.15) is 27.1 Å². The molecule has 1 aliphatic heterocycles. The lowest BCUT2D eigenvalue weighted by Gasteiger charge is -2.20. The van der Waals surface area contributed by atoms with Gasteiger partial charge in [0.2, 0.25) is 5.78 Å². The van der Waals surface area contributed by atoms with Crippen LogP contribution in [0.5, 0.6) is 0 Å². The van der Waals surface area contributed by atoms with E-state index in [0.717, 1.165) is 25.1 Å². The molecular formula is C21H21N5O2. The number of hydrogen-bond donors (Lipinski definition) is 1. The summed E-state index contributed by atoms with van der Waals surface area (Å²) >= 11 is 0. The molecule has 7 nitrogen and oxygen atoms in total. The number of benzene rings is 1. The predicted molar refractivity (Wildman–Crippen MR) is 103 cm³/mol. The average molecular weight is 375 g/mol. The van der Waals surface area contributed by atoms with Crippen LogP contribution in [0, 0.1) is 17.8 Å². The van der Waals surface area contributed by atoms with Crippen LogP contribution in [-0.2, 0) is 0 Å². The van der Waals surface area contributed by atoms with Gasteiger partial charge in [0.1, 0.15) is 0 Å². The van der Waals surface area contributed by atoms with Crippen LogP contribution in [0.4, 0.5) is 0 Å². The van der Waals surface area contributed by atoms with Gasteiger partial charge >= 0.3 is 0 Å². The Bertz CT molecular complexity index is 1020. The Hall–Kier alpha value is -3.22.